The molecule has 112 valence electrons. The third-order valence-electron chi connectivity index (χ3n) is 3.66. The van der Waals surface area contributed by atoms with Gasteiger partial charge in [-0.05, 0) is 30.8 Å². The quantitative estimate of drug-likeness (QED) is 0.920. The maximum absolute atomic E-state index is 12.8. The van der Waals surface area contributed by atoms with Crippen molar-refractivity contribution in [3.63, 3.8) is 0 Å². The highest BCUT2D eigenvalue weighted by molar-refractivity contribution is 7.20. The van der Waals surface area contributed by atoms with Crippen molar-refractivity contribution in [2.45, 2.75) is 25.8 Å². The molecule has 3 heterocycles. The van der Waals surface area contributed by atoms with Crippen molar-refractivity contribution in [1.82, 2.24) is 15.2 Å². The molecule has 0 saturated carbocycles. The van der Waals surface area contributed by atoms with Gasteiger partial charge in [0.25, 0.3) is 5.91 Å². The van der Waals surface area contributed by atoms with Gasteiger partial charge in [0.05, 0.1) is 4.88 Å². The van der Waals surface area contributed by atoms with E-state index in [2.05, 4.69) is 17.2 Å². The molecule has 21 heavy (non-hydrogen) atoms. The summed E-state index contributed by atoms with van der Waals surface area (Å²) in [5.74, 6) is 0.0737. The van der Waals surface area contributed by atoms with Crippen LogP contribution in [0.4, 0.5) is 0 Å². The Kier molecular flexibility index (Phi) is 4.67. The third kappa shape index (κ3) is 3.17. The predicted molar refractivity (Wildman–Crippen MR) is 88.0 cm³/mol. The van der Waals surface area contributed by atoms with Gasteiger partial charge < -0.3 is 10.2 Å². The Balaban J connectivity index is 1.79. The Morgan fingerprint density at radius 2 is 2.43 bits per heavy atom. The van der Waals surface area contributed by atoms with Gasteiger partial charge >= 0.3 is 0 Å². The Hall–Kier alpha value is -1.24. The smallest absolute Gasteiger partial charge is 0.273 e. The first-order valence-electron chi connectivity index (χ1n) is 7.30. The fraction of sp³-hybridized carbons (Fsp3) is 0.467. The van der Waals surface area contributed by atoms with Gasteiger partial charge in [-0.3, -0.25) is 4.79 Å². The Labute approximate surface area is 132 Å². The second kappa shape index (κ2) is 6.68. The van der Waals surface area contributed by atoms with E-state index in [1.54, 1.807) is 22.7 Å². The zero-order chi connectivity index (χ0) is 14.7. The van der Waals surface area contributed by atoms with Gasteiger partial charge in [-0.1, -0.05) is 13.0 Å². The van der Waals surface area contributed by atoms with Crippen LogP contribution in [0.5, 0.6) is 0 Å². The van der Waals surface area contributed by atoms with Gasteiger partial charge in [-0.2, -0.15) is 0 Å². The van der Waals surface area contributed by atoms with E-state index in [1.165, 1.54) is 0 Å². The van der Waals surface area contributed by atoms with Crippen molar-refractivity contribution < 1.29 is 4.79 Å². The van der Waals surface area contributed by atoms with Gasteiger partial charge in [-0.15, -0.1) is 22.7 Å². The summed E-state index contributed by atoms with van der Waals surface area (Å²) in [6.07, 6.45) is 2.01. The summed E-state index contributed by atoms with van der Waals surface area (Å²) >= 11 is 3.21. The minimum absolute atomic E-state index is 0.0737. The molecule has 1 N–H and O–H groups in total. The number of nitrogens with zero attached hydrogens (tertiary/aromatic N) is 2. The minimum atomic E-state index is 0.0737. The molecule has 1 aliphatic heterocycles. The number of thiazole rings is 1. The third-order valence-corrected chi connectivity index (χ3v) is 5.54. The summed E-state index contributed by atoms with van der Waals surface area (Å²) in [6.45, 7) is 4.81. The zero-order valence-electron chi connectivity index (χ0n) is 12.0. The van der Waals surface area contributed by atoms with E-state index in [4.69, 9.17) is 0 Å². The highest BCUT2D eigenvalue weighted by Gasteiger charge is 2.28. The van der Waals surface area contributed by atoms with E-state index in [0.29, 0.717) is 11.7 Å². The minimum Gasteiger partial charge on any atom is -0.333 e. The van der Waals surface area contributed by atoms with Crippen molar-refractivity contribution in [1.29, 1.82) is 0 Å². The topological polar surface area (TPSA) is 45.2 Å². The van der Waals surface area contributed by atoms with Crippen molar-refractivity contribution in [3.05, 3.63) is 28.6 Å². The molecule has 0 radical (unpaired) electrons. The van der Waals surface area contributed by atoms with Crippen LogP contribution in [0.15, 0.2) is 22.9 Å². The summed E-state index contributed by atoms with van der Waals surface area (Å²) in [7, 11) is 0. The van der Waals surface area contributed by atoms with Gasteiger partial charge in [0.2, 0.25) is 0 Å². The molecular weight excluding hydrogens is 302 g/mol. The highest BCUT2D eigenvalue weighted by atomic mass is 32.1. The lowest BCUT2D eigenvalue weighted by Crippen LogP contribution is -2.42. The average Bonchev–Trinajstić information content (AvgIpc) is 3.25. The van der Waals surface area contributed by atoms with E-state index in [9.17, 15) is 4.79 Å². The summed E-state index contributed by atoms with van der Waals surface area (Å²) in [5.41, 5.74) is 0.587. The first-order chi connectivity index (χ1) is 10.3. The summed E-state index contributed by atoms with van der Waals surface area (Å²) in [5, 5.41) is 8.20. The second-order valence-corrected chi connectivity index (χ2v) is 6.97. The first-order valence-corrected chi connectivity index (χ1v) is 9.06. The number of thiophene rings is 1. The number of carbonyl (C=O) groups excluding carboxylic acids is 1. The molecule has 1 saturated heterocycles. The molecule has 1 atom stereocenters. The molecule has 1 unspecified atom stereocenters. The van der Waals surface area contributed by atoms with Crippen molar-refractivity contribution in [2.75, 3.05) is 19.6 Å². The normalized spacial score (nSPS) is 18.0. The number of hydrogen-bond acceptors (Lipinski definition) is 5. The van der Waals surface area contributed by atoms with E-state index in [0.717, 1.165) is 42.4 Å². The average molecular weight is 321 g/mol. The molecule has 1 fully saturated rings. The van der Waals surface area contributed by atoms with Crippen LogP contribution < -0.4 is 5.32 Å². The fourth-order valence-electron chi connectivity index (χ4n) is 2.63. The van der Waals surface area contributed by atoms with Gasteiger partial charge in [-0.25, -0.2) is 4.98 Å². The van der Waals surface area contributed by atoms with E-state index < -0.39 is 0 Å². The molecule has 2 aromatic heterocycles. The van der Waals surface area contributed by atoms with Crippen LogP contribution in [-0.4, -0.2) is 41.5 Å². The number of amides is 1. The molecule has 1 aliphatic rings. The molecule has 2 aromatic rings. The summed E-state index contributed by atoms with van der Waals surface area (Å²) in [6, 6.07) is 4.36. The molecule has 6 heteroatoms. The lowest BCUT2D eigenvalue weighted by atomic mass is 10.2. The van der Waals surface area contributed by atoms with E-state index in [1.807, 2.05) is 27.8 Å². The van der Waals surface area contributed by atoms with Gasteiger partial charge in [0.1, 0.15) is 10.7 Å². The monoisotopic (exact) mass is 321 g/mol. The van der Waals surface area contributed by atoms with Crippen molar-refractivity contribution >= 4 is 28.6 Å². The SMILES string of the molecule is CCCN(C(=O)c1csc(-c2cccs2)n1)C1CCNC1. The highest BCUT2D eigenvalue weighted by Crippen LogP contribution is 2.28. The largest absolute Gasteiger partial charge is 0.333 e. The Bertz CT molecular complexity index is 588. The van der Waals surface area contributed by atoms with Crippen LogP contribution >= 0.6 is 22.7 Å². The summed E-state index contributed by atoms with van der Waals surface area (Å²) < 4.78 is 0. The molecule has 0 aromatic carbocycles. The fourth-order valence-corrected chi connectivity index (χ4v) is 4.24. The van der Waals surface area contributed by atoms with E-state index in [-0.39, 0.29) is 5.91 Å². The van der Waals surface area contributed by atoms with Crippen LogP contribution in [0.3, 0.4) is 0 Å². The van der Waals surface area contributed by atoms with E-state index >= 15 is 0 Å². The van der Waals surface area contributed by atoms with Crippen LogP contribution in [-0.2, 0) is 0 Å². The molecule has 0 bridgehead atoms. The second-order valence-electron chi connectivity index (χ2n) is 5.16. The lowest BCUT2D eigenvalue weighted by molar-refractivity contribution is 0.0687. The Morgan fingerprint density at radius 1 is 1.52 bits per heavy atom. The number of nitrogens with one attached hydrogen (secondary N) is 1. The maximum Gasteiger partial charge on any atom is 0.273 e. The molecular formula is C15H19N3OS2. The maximum atomic E-state index is 12.8. The van der Waals surface area contributed by atoms with Crippen LogP contribution in [0.2, 0.25) is 0 Å². The van der Waals surface area contributed by atoms with Crippen molar-refractivity contribution in [3.8, 4) is 9.88 Å². The molecule has 4 nitrogen and oxygen atoms in total. The number of carbonyl (C=O) groups is 1. The lowest BCUT2D eigenvalue weighted by Gasteiger charge is -2.27. The van der Waals surface area contributed by atoms with Crippen LogP contribution in [0, 0.1) is 0 Å². The molecule has 3 rings (SSSR count). The molecule has 0 spiro atoms. The van der Waals surface area contributed by atoms with Crippen molar-refractivity contribution in [2.24, 2.45) is 0 Å². The molecule has 0 aliphatic carbocycles. The van der Waals surface area contributed by atoms with Crippen LogP contribution in [0.25, 0.3) is 9.88 Å². The van der Waals surface area contributed by atoms with Crippen LogP contribution in [0.1, 0.15) is 30.3 Å². The Morgan fingerprint density at radius 3 is 3.10 bits per heavy atom. The number of hydrogen-bond donors (Lipinski definition) is 1. The predicted octanol–water partition coefficient (Wildman–Crippen LogP) is 3.09. The number of rotatable bonds is 5. The summed E-state index contributed by atoms with van der Waals surface area (Å²) in [4.78, 5) is 20.4. The first kappa shape index (κ1) is 14.7. The van der Waals surface area contributed by atoms with Gasteiger partial charge in [0, 0.05) is 24.5 Å². The standard InChI is InChI=1S/C15H19N3OS2/c1-2-7-18(11-5-6-16-9-11)15(19)12-10-21-14(17-12)13-4-3-8-20-13/h3-4,8,10-11,16H,2,5-7,9H2,1H3. The molecule has 1 amide bonds. The number of aromatic nitrogens is 1. The zero-order valence-corrected chi connectivity index (χ0v) is 13.7. The van der Waals surface area contributed by atoms with Gasteiger partial charge in [0.15, 0.2) is 0 Å².